The Hall–Kier alpha value is -0.550. The highest BCUT2D eigenvalue weighted by Gasteiger charge is 2.54. The number of halogens is 2. The maximum atomic E-state index is 12.8. The molecule has 1 saturated carbocycles. The molecule has 0 amide bonds. The van der Waals surface area contributed by atoms with E-state index in [0.717, 1.165) is 32.1 Å². The first-order chi connectivity index (χ1) is 7.48. The third kappa shape index (κ3) is 1.98. The lowest BCUT2D eigenvalue weighted by Gasteiger charge is -2.51. The number of nitrogens with two attached hydrogens (primary N) is 1. The van der Waals surface area contributed by atoms with Gasteiger partial charge in [-0.2, -0.15) is 0 Å². The van der Waals surface area contributed by atoms with Crippen LogP contribution in [0, 0.1) is 5.92 Å². The minimum Gasteiger partial charge on any atom is -0.307 e. The third-order valence-corrected chi connectivity index (χ3v) is 3.84. The Balaban J connectivity index is 2.04. The van der Waals surface area contributed by atoms with Gasteiger partial charge in [0.25, 0.3) is 5.92 Å². The van der Waals surface area contributed by atoms with Gasteiger partial charge in [0.15, 0.2) is 6.29 Å². The van der Waals surface area contributed by atoms with E-state index in [1.807, 2.05) is 0 Å². The SMILES string of the molecule is N[C@@](C=O)(C1CCCCC1)N1CC(F)(F)C1. The van der Waals surface area contributed by atoms with Crippen molar-refractivity contribution in [3.8, 4) is 0 Å². The first-order valence-corrected chi connectivity index (χ1v) is 5.86. The largest absolute Gasteiger partial charge is 0.307 e. The molecule has 0 spiro atoms. The van der Waals surface area contributed by atoms with Crippen molar-refractivity contribution in [3.05, 3.63) is 0 Å². The monoisotopic (exact) mass is 232 g/mol. The summed E-state index contributed by atoms with van der Waals surface area (Å²) in [7, 11) is 0. The molecule has 0 aromatic heterocycles. The summed E-state index contributed by atoms with van der Waals surface area (Å²) >= 11 is 0. The van der Waals surface area contributed by atoms with Gasteiger partial charge < -0.3 is 5.73 Å². The average molecular weight is 232 g/mol. The van der Waals surface area contributed by atoms with Crippen LogP contribution in [0.25, 0.3) is 0 Å². The number of carbonyl (C=O) groups excluding carboxylic acids is 1. The number of carbonyl (C=O) groups is 1. The van der Waals surface area contributed by atoms with Crippen LogP contribution in [0.15, 0.2) is 0 Å². The summed E-state index contributed by atoms with van der Waals surface area (Å²) in [5.74, 6) is -2.63. The molecule has 2 rings (SSSR count). The minimum atomic E-state index is -2.66. The van der Waals surface area contributed by atoms with E-state index in [4.69, 9.17) is 5.73 Å². The fourth-order valence-electron chi connectivity index (χ4n) is 2.78. The van der Waals surface area contributed by atoms with Crippen LogP contribution in [0.3, 0.4) is 0 Å². The van der Waals surface area contributed by atoms with E-state index in [9.17, 15) is 13.6 Å². The van der Waals surface area contributed by atoms with E-state index in [1.54, 1.807) is 0 Å². The third-order valence-electron chi connectivity index (χ3n) is 3.84. The maximum Gasteiger partial charge on any atom is 0.273 e. The summed E-state index contributed by atoms with van der Waals surface area (Å²) in [5, 5.41) is 0. The smallest absolute Gasteiger partial charge is 0.273 e. The van der Waals surface area contributed by atoms with Crippen molar-refractivity contribution in [1.82, 2.24) is 4.90 Å². The van der Waals surface area contributed by atoms with Crippen molar-refractivity contribution >= 4 is 6.29 Å². The van der Waals surface area contributed by atoms with Crippen molar-refractivity contribution in [2.75, 3.05) is 13.1 Å². The fraction of sp³-hybridized carbons (Fsp3) is 0.909. The molecule has 2 N–H and O–H groups in total. The number of rotatable bonds is 3. The summed E-state index contributed by atoms with van der Waals surface area (Å²) in [6, 6.07) is 0. The van der Waals surface area contributed by atoms with E-state index in [-0.39, 0.29) is 19.0 Å². The Morgan fingerprint density at radius 2 is 1.81 bits per heavy atom. The van der Waals surface area contributed by atoms with E-state index in [1.165, 1.54) is 4.90 Å². The Bertz CT molecular complexity index is 271. The van der Waals surface area contributed by atoms with Gasteiger partial charge in [0.1, 0.15) is 5.66 Å². The normalized spacial score (nSPS) is 30.4. The topological polar surface area (TPSA) is 46.3 Å². The quantitative estimate of drug-likeness (QED) is 0.748. The van der Waals surface area contributed by atoms with Gasteiger partial charge in [-0.25, -0.2) is 8.78 Å². The van der Waals surface area contributed by atoms with Crippen molar-refractivity contribution in [2.45, 2.75) is 43.7 Å². The second kappa shape index (κ2) is 4.04. The standard InChI is InChI=1S/C11H18F2N2O/c12-10(13)6-15(7-10)11(14,8-16)9-4-2-1-3-5-9/h8-9H,1-7,14H2/t11-/m1/s1. The lowest BCUT2D eigenvalue weighted by Crippen LogP contribution is -2.72. The summed E-state index contributed by atoms with van der Waals surface area (Å²) in [5.41, 5.74) is 4.86. The number of nitrogens with zero attached hydrogens (tertiary/aromatic N) is 1. The molecule has 0 bridgehead atoms. The summed E-state index contributed by atoms with van der Waals surface area (Å²) in [6.07, 6.45) is 5.65. The highest BCUT2D eigenvalue weighted by molar-refractivity contribution is 5.64. The van der Waals surface area contributed by atoms with Gasteiger partial charge in [0.2, 0.25) is 0 Å². The zero-order valence-corrected chi connectivity index (χ0v) is 9.29. The predicted molar refractivity (Wildman–Crippen MR) is 56.1 cm³/mol. The van der Waals surface area contributed by atoms with Gasteiger partial charge in [0.05, 0.1) is 13.1 Å². The van der Waals surface area contributed by atoms with Crippen LogP contribution in [0.1, 0.15) is 32.1 Å². The van der Waals surface area contributed by atoms with Gasteiger partial charge >= 0.3 is 0 Å². The molecule has 1 aliphatic heterocycles. The van der Waals surface area contributed by atoms with E-state index < -0.39 is 11.6 Å². The lowest BCUT2D eigenvalue weighted by molar-refractivity contribution is -0.182. The van der Waals surface area contributed by atoms with Crippen LogP contribution in [-0.2, 0) is 4.79 Å². The molecule has 1 saturated heterocycles. The summed E-state index contributed by atoms with van der Waals surface area (Å²) in [4.78, 5) is 12.6. The highest BCUT2D eigenvalue weighted by Crippen LogP contribution is 2.38. The summed E-state index contributed by atoms with van der Waals surface area (Å²) < 4.78 is 25.6. The first-order valence-electron chi connectivity index (χ1n) is 5.86. The van der Waals surface area contributed by atoms with Crippen molar-refractivity contribution in [1.29, 1.82) is 0 Å². The molecule has 0 unspecified atom stereocenters. The van der Waals surface area contributed by atoms with Crippen molar-refractivity contribution in [3.63, 3.8) is 0 Å². The second-order valence-electron chi connectivity index (χ2n) is 5.05. The van der Waals surface area contributed by atoms with Crippen LogP contribution in [0.4, 0.5) is 8.78 Å². The highest BCUT2D eigenvalue weighted by atomic mass is 19.3. The zero-order valence-electron chi connectivity index (χ0n) is 9.29. The molecule has 2 fully saturated rings. The molecule has 1 heterocycles. The summed E-state index contributed by atoms with van der Waals surface area (Å²) in [6.45, 7) is -0.752. The van der Waals surface area contributed by atoms with Gasteiger partial charge in [-0.15, -0.1) is 0 Å². The van der Waals surface area contributed by atoms with Crippen molar-refractivity contribution < 1.29 is 13.6 Å². The van der Waals surface area contributed by atoms with Gasteiger partial charge in [-0.1, -0.05) is 19.3 Å². The number of likely N-dealkylation sites (tertiary alicyclic amines) is 1. The molecular formula is C11H18F2N2O. The van der Waals surface area contributed by atoms with E-state index in [0.29, 0.717) is 6.29 Å². The molecule has 0 radical (unpaired) electrons. The van der Waals surface area contributed by atoms with Crippen LogP contribution >= 0.6 is 0 Å². The molecule has 1 atom stereocenters. The predicted octanol–water partition coefficient (Wildman–Crippen LogP) is 1.37. The average Bonchev–Trinajstić information content (AvgIpc) is 2.26. The van der Waals surface area contributed by atoms with Crippen LogP contribution in [0.5, 0.6) is 0 Å². The van der Waals surface area contributed by atoms with Gasteiger partial charge in [-0.05, 0) is 18.8 Å². The van der Waals surface area contributed by atoms with Crippen molar-refractivity contribution in [2.24, 2.45) is 11.7 Å². The number of aldehydes is 1. The molecule has 2 aliphatic rings. The molecule has 0 aromatic rings. The first kappa shape index (κ1) is 11.9. The van der Waals surface area contributed by atoms with Crippen LogP contribution in [-0.4, -0.2) is 35.9 Å². The lowest BCUT2D eigenvalue weighted by atomic mass is 9.78. The van der Waals surface area contributed by atoms with Gasteiger partial charge in [-0.3, -0.25) is 9.69 Å². The Morgan fingerprint density at radius 3 is 2.25 bits per heavy atom. The molecule has 0 aromatic carbocycles. The van der Waals surface area contributed by atoms with Crippen LogP contribution < -0.4 is 5.73 Å². The Kier molecular flexibility index (Phi) is 3.01. The van der Waals surface area contributed by atoms with E-state index >= 15 is 0 Å². The Labute approximate surface area is 94.0 Å². The molecule has 3 nitrogen and oxygen atoms in total. The number of alkyl halides is 2. The number of hydrogen-bond acceptors (Lipinski definition) is 3. The second-order valence-corrected chi connectivity index (χ2v) is 5.05. The molecule has 1 aliphatic carbocycles. The number of hydrogen-bond donors (Lipinski definition) is 1. The fourth-order valence-corrected chi connectivity index (χ4v) is 2.78. The van der Waals surface area contributed by atoms with Gasteiger partial charge in [0, 0.05) is 0 Å². The van der Waals surface area contributed by atoms with Crippen LogP contribution in [0.2, 0.25) is 0 Å². The minimum absolute atomic E-state index is 0.0369. The van der Waals surface area contributed by atoms with E-state index in [2.05, 4.69) is 0 Å². The maximum absolute atomic E-state index is 12.8. The Morgan fingerprint density at radius 1 is 1.25 bits per heavy atom. The molecular weight excluding hydrogens is 214 g/mol. The molecule has 92 valence electrons. The molecule has 5 heteroatoms. The molecule has 16 heavy (non-hydrogen) atoms. The zero-order chi connectivity index (χ0) is 11.8.